The van der Waals surface area contributed by atoms with Crippen LogP contribution in [-0.4, -0.2) is 48.0 Å². The Morgan fingerprint density at radius 2 is 1.97 bits per heavy atom. The third-order valence-corrected chi connectivity index (χ3v) is 7.77. The lowest BCUT2D eigenvalue weighted by molar-refractivity contribution is -0.138. The van der Waals surface area contributed by atoms with E-state index in [2.05, 4.69) is 21.8 Å². The molecule has 1 amide bonds. The minimum absolute atomic E-state index is 0.0504. The molecule has 3 N–H and O–H groups in total. The summed E-state index contributed by atoms with van der Waals surface area (Å²) in [6, 6.07) is 11.2. The molecular weight excluding hydrogens is 527 g/mol. The Labute approximate surface area is 228 Å². The molecule has 204 valence electrons. The van der Waals surface area contributed by atoms with Gasteiger partial charge in [0.15, 0.2) is 0 Å². The number of aromatic nitrogens is 1. The van der Waals surface area contributed by atoms with E-state index in [9.17, 15) is 18.0 Å². The molecule has 2 aromatic carbocycles. The van der Waals surface area contributed by atoms with E-state index in [0.717, 1.165) is 19.4 Å². The number of halogens is 3. The first kappa shape index (κ1) is 26.8. The fourth-order valence-corrected chi connectivity index (χ4v) is 5.82. The number of thiazole rings is 1. The van der Waals surface area contributed by atoms with Gasteiger partial charge in [-0.05, 0) is 55.9 Å². The molecule has 2 aliphatic heterocycles. The summed E-state index contributed by atoms with van der Waals surface area (Å²) >= 11 is 1.20. The number of allylic oxidation sites excluding steroid dienone is 2. The quantitative estimate of drug-likeness (QED) is 0.349. The Kier molecular flexibility index (Phi) is 7.62. The molecule has 0 saturated carbocycles. The summed E-state index contributed by atoms with van der Waals surface area (Å²) in [6.07, 6.45) is 0.0672. The zero-order chi connectivity index (χ0) is 27.6. The van der Waals surface area contributed by atoms with E-state index < -0.39 is 17.6 Å². The number of nitrogens with two attached hydrogens (primary N) is 1. The van der Waals surface area contributed by atoms with Crippen LogP contribution in [0.4, 0.5) is 24.5 Å². The Balaban J connectivity index is 1.55. The first-order valence-electron chi connectivity index (χ1n) is 12.5. The zero-order valence-electron chi connectivity index (χ0n) is 21.1. The van der Waals surface area contributed by atoms with E-state index in [-0.39, 0.29) is 34.6 Å². The molecular formula is C28H28F3N5O2S. The van der Waals surface area contributed by atoms with Gasteiger partial charge in [-0.1, -0.05) is 24.8 Å². The monoisotopic (exact) mass is 555 g/mol. The standard InChI is InChI=1S/C28H28F3N5O2S/c1-18(11-12-32)27-34-22(17-39-27)26(37)33-21-9-10-23(38-20-7-3-2-4-8-20)24(28(29,30)31)25(21)36-15-14-35-13-5-6-19(35)16-36/h2-4,7-12,17,19H,1,5-6,13-16,32H2,(H,33,37)/b12-11-/t19-/m0/s1. The van der Waals surface area contributed by atoms with Crippen molar-refractivity contribution in [1.29, 1.82) is 0 Å². The molecule has 39 heavy (non-hydrogen) atoms. The highest BCUT2D eigenvalue weighted by Gasteiger charge is 2.42. The minimum atomic E-state index is -4.74. The normalized spacial score (nSPS) is 17.8. The van der Waals surface area contributed by atoms with E-state index in [0.29, 0.717) is 30.2 Å². The van der Waals surface area contributed by atoms with E-state index in [4.69, 9.17) is 10.5 Å². The van der Waals surface area contributed by atoms with Gasteiger partial charge in [0.25, 0.3) is 5.91 Å². The Bertz CT molecular complexity index is 1390. The molecule has 2 aliphatic rings. The molecule has 2 fully saturated rings. The lowest BCUT2D eigenvalue weighted by atomic mass is 10.0. The highest BCUT2D eigenvalue weighted by molar-refractivity contribution is 7.11. The number of nitrogens with zero attached hydrogens (tertiary/aromatic N) is 3. The second kappa shape index (κ2) is 11.1. The van der Waals surface area contributed by atoms with Crippen LogP contribution in [0.1, 0.15) is 33.9 Å². The number of alkyl halides is 3. The number of carbonyl (C=O) groups is 1. The average Bonchev–Trinajstić information content (AvgIpc) is 3.59. The van der Waals surface area contributed by atoms with Gasteiger partial charge < -0.3 is 20.7 Å². The lowest BCUT2D eigenvalue weighted by Crippen LogP contribution is -2.50. The number of anilines is 2. The van der Waals surface area contributed by atoms with Gasteiger partial charge in [-0.3, -0.25) is 9.69 Å². The highest BCUT2D eigenvalue weighted by Crippen LogP contribution is 2.48. The van der Waals surface area contributed by atoms with Crippen LogP contribution in [-0.2, 0) is 6.18 Å². The molecule has 0 aliphatic carbocycles. The van der Waals surface area contributed by atoms with Crippen LogP contribution in [0.5, 0.6) is 11.5 Å². The summed E-state index contributed by atoms with van der Waals surface area (Å²) in [5.41, 5.74) is 5.05. The topological polar surface area (TPSA) is 83.7 Å². The van der Waals surface area contributed by atoms with Gasteiger partial charge in [0.2, 0.25) is 0 Å². The molecule has 2 saturated heterocycles. The number of benzene rings is 2. The van der Waals surface area contributed by atoms with Crippen LogP contribution >= 0.6 is 11.3 Å². The highest BCUT2D eigenvalue weighted by atomic mass is 32.1. The summed E-state index contributed by atoms with van der Waals surface area (Å²) < 4.78 is 50.1. The van der Waals surface area contributed by atoms with Crippen LogP contribution < -0.4 is 20.7 Å². The van der Waals surface area contributed by atoms with Gasteiger partial charge in [-0.25, -0.2) is 4.98 Å². The van der Waals surface area contributed by atoms with E-state index in [1.165, 1.54) is 35.0 Å². The molecule has 1 atom stereocenters. The van der Waals surface area contributed by atoms with Gasteiger partial charge in [0.05, 0.1) is 11.4 Å². The van der Waals surface area contributed by atoms with Crippen LogP contribution in [0.15, 0.2) is 66.7 Å². The molecule has 0 unspecified atom stereocenters. The number of piperazine rings is 1. The minimum Gasteiger partial charge on any atom is -0.457 e. The van der Waals surface area contributed by atoms with Gasteiger partial charge >= 0.3 is 6.18 Å². The van der Waals surface area contributed by atoms with Crippen molar-refractivity contribution in [3.05, 3.63) is 83.0 Å². The summed E-state index contributed by atoms with van der Waals surface area (Å²) in [5, 5.41) is 4.72. The number of carbonyl (C=O) groups excluding carboxylic acids is 1. The van der Waals surface area contributed by atoms with Crippen molar-refractivity contribution in [2.45, 2.75) is 25.1 Å². The summed E-state index contributed by atoms with van der Waals surface area (Å²) in [5.74, 6) is -0.655. The third kappa shape index (κ3) is 5.79. The molecule has 5 rings (SSSR count). The van der Waals surface area contributed by atoms with Crippen molar-refractivity contribution in [2.24, 2.45) is 5.73 Å². The largest absolute Gasteiger partial charge is 0.457 e. The molecule has 0 bridgehead atoms. The summed E-state index contributed by atoms with van der Waals surface area (Å²) in [6.45, 7) is 6.26. The molecule has 0 spiro atoms. The number of rotatable bonds is 7. The number of hydrogen-bond acceptors (Lipinski definition) is 7. The Morgan fingerprint density at radius 1 is 1.18 bits per heavy atom. The third-order valence-electron chi connectivity index (χ3n) is 6.85. The number of amides is 1. The number of fused-ring (bicyclic) bond motifs is 1. The number of nitrogens with one attached hydrogen (secondary N) is 1. The molecule has 1 aromatic heterocycles. The van der Waals surface area contributed by atoms with Gasteiger partial charge in [0.1, 0.15) is 27.8 Å². The first-order chi connectivity index (χ1) is 18.7. The maximum absolute atomic E-state index is 14.8. The molecule has 3 heterocycles. The molecule has 3 aromatic rings. The van der Waals surface area contributed by atoms with Crippen LogP contribution in [0.2, 0.25) is 0 Å². The maximum Gasteiger partial charge on any atom is 0.422 e. The van der Waals surface area contributed by atoms with Gasteiger partial charge in [-0.2, -0.15) is 13.2 Å². The first-order valence-corrected chi connectivity index (χ1v) is 13.4. The van der Waals surface area contributed by atoms with Crippen molar-refractivity contribution in [2.75, 3.05) is 36.4 Å². The molecule has 7 nitrogen and oxygen atoms in total. The summed E-state index contributed by atoms with van der Waals surface area (Å²) in [7, 11) is 0. The lowest BCUT2D eigenvalue weighted by Gasteiger charge is -2.40. The summed E-state index contributed by atoms with van der Waals surface area (Å²) in [4.78, 5) is 21.5. The fraction of sp³-hybridized carbons (Fsp3) is 0.286. The van der Waals surface area contributed by atoms with Crippen LogP contribution in [0.25, 0.3) is 5.57 Å². The van der Waals surface area contributed by atoms with E-state index in [1.54, 1.807) is 41.3 Å². The van der Waals surface area contributed by atoms with E-state index >= 15 is 0 Å². The second-order valence-corrected chi connectivity index (χ2v) is 10.3. The smallest absolute Gasteiger partial charge is 0.422 e. The second-order valence-electron chi connectivity index (χ2n) is 9.40. The molecule has 11 heteroatoms. The zero-order valence-corrected chi connectivity index (χ0v) is 21.9. The van der Waals surface area contributed by atoms with Crippen molar-refractivity contribution >= 4 is 34.2 Å². The van der Waals surface area contributed by atoms with Gasteiger partial charge in [-0.15, -0.1) is 11.3 Å². The maximum atomic E-state index is 14.8. The Morgan fingerprint density at radius 3 is 2.72 bits per heavy atom. The van der Waals surface area contributed by atoms with Crippen LogP contribution in [0, 0.1) is 0 Å². The number of para-hydroxylation sites is 1. The molecule has 0 radical (unpaired) electrons. The number of ether oxygens (including phenoxy) is 1. The van der Waals surface area contributed by atoms with Crippen molar-refractivity contribution < 1.29 is 22.7 Å². The van der Waals surface area contributed by atoms with Crippen molar-refractivity contribution in [3.63, 3.8) is 0 Å². The number of hydrogen-bond donors (Lipinski definition) is 2. The van der Waals surface area contributed by atoms with Crippen molar-refractivity contribution in [1.82, 2.24) is 9.88 Å². The predicted octanol–water partition coefficient (Wildman–Crippen LogP) is 5.98. The van der Waals surface area contributed by atoms with Gasteiger partial charge in [0, 0.05) is 36.6 Å². The predicted molar refractivity (Wildman–Crippen MR) is 147 cm³/mol. The van der Waals surface area contributed by atoms with E-state index in [1.807, 2.05) is 0 Å². The van der Waals surface area contributed by atoms with Crippen molar-refractivity contribution in [3.8, 4) is 11.5 Å². The SMILES string of the molecule is C=C(/C=C\N)c1nc(C(=O)Nc2ccc(Oc3ccccc3)c(C(F)(F)F)c2N2CCN3CCC[C@H]3C2)cs1. The average molecular weight is 556 g/mol. The Hall–Kier alpha value is -3.83. The van der Waals surface area contributed by atoms with Crippen LogP contribution in [0.3, 0.4) is 0 Å². The fourth-order valence-electron chi connectivity index (χ4n) is 5.07.